The van der Waals surface area contributed by atoms with Gasteiger partial charge in [-0.3, -0.25) is 4.79 Å². The number of oxime groups is 1. The lowest BCUT2D eigenvalue weighted by Gasteiger charge is -2.21. The molecule has 0 aromatic carbocycles. The minimum absolute atomic E-state index is 0.0454. The Hall–Kier alpha value is -1.26. The van der Waals surface area contributed by atoms with Crippen LogP contribution in [0.3, 0.4) is 0 Å². The SMILES string of the molecule is CC(C)(C)CC(=O)NC(C(N)=NO)C1CC1. The van der Waals surface area contributed by atoms with Crippen molar-refractivity contribution in [1.82, 2.24) is 5.32 Å². The highest BCUT2D eigenvalue weighted by Crippen LogP contribution is 2.33. The summed E-state index contributed by atoms with van der Waals surface area (Å²) in [6.45, 7) is 6.01. The lowest BCUT2D eigenvalue weighted by molar-refractivity contribution is -0.123. The zero-order valence-electron chi connectivity index (χ0n) is 10.2. The summed E-state index contributed by atoms with van der Waals surface area (Å²) in [4.78, 5) is 11.7. The third-order valence-corrected chi connectivity index (χ3v) is 2.53. The van der Waals surface area contributed by atoms with Gasteiger partial charge in [0.25, 0.3) is 0 Å². The molecule has 0 bridgehead atoms. The third-order valence-electron chi connectivity index (χ3n) is 2.53. The van der Waals surface area contributed by atoms with E-state index in [0.717, 1.165) is 12.8 Å². The molecule has 92 valence electrons. The molecule has 0 spiro atoms. The number of hydrogen-bond acceptors (Lipinski definition) is 3. The van der Waals surface area contributed by atoms with E-state index < -0.39 is 0 Å². The number of amidine groups is 1. The maximum atomic E-state index is 11.7. The van der Waals surface area contributed by atoms with Gasteiger partial charge in [-0.1, -0.05) is 25.9 Å². The first-order valence-electron chi connectivity index (χ1n) is 5.60. The molecule has 1 fully saturated rings. The molecular weight excluding hydrogens is 206 g/mol. The van der Waals surface area contributed by atoms with Gasteiger partial charge in [0.15, 0.2) is 5.84 Å². The van der Waals surface area contributed by atoms with Crippen LogP contribution in [0.4, 0.5) is 0 Å². The largest absolute Gasteiger partial charge is 0.409 e. The molecule has 1 amide bonds. The van der Waals surface area contributed by atoms with Crippen LogP contribution in [0.2, 0.25) is 0 Å². The van der Waals surface area contributed by atoms with Crippen LogP contribution < -0.4 is 11.1 Å². The highest BCUT2D eigenvalue weighted by atomic mass is 16.4. The smallest absolute Gasteiger partial charge is 0.221 e. The van der Waals surface area contributed by atoms with Gasteiger partial charge in [-0.05, 0) is 24.2 Å². The van der Waals surface area contributed by atoms with Gasteiger partial charge in [0.1, 0.15) is 0 Å². The summed E-state index contributed by atoms with van der Waals surface area (Å²) in [5.41, 5.74) is 5.50. The number of hydrogen-bond donors (Lipinski definition) is 3. The van der Waals surface area contributed by atoms with E-state index in [1.54, 1.807) is 0 Å². The fourth-order valence-electron chi connectivity index (χ4n) is 1.63. The molecule has 5 nitrogen and oxygen atoms in total. The number of nitrogens with two attached hydrogens (primary N) is 1. The molecule has 0 aliphatic heterocycles. The van der Waals surface area contributed by atoms with Crippen molar-refractivity contribution >= 4 is 11.7 Å². The molecule has 1 aliphatic rings. The van der Waals surface area contributed by atoms with E-state index >= 15 is 0 Å². The monoisotopic (exact) mass is 227 g/mol. The Balaban J connectivity index is 2.52. The Morgan fingerprint density at radius 3 is 2.50 bits per heavy atom. The second-order valence-corrected chi connectivity index (χ2v) is 5.64. The average Bonchev–Trinajstić information content (AvgIpc) is 2.93. The van der Waals surface area contributed by atoms with Gasteiger partial charge in [-0.25, -0.2) is 0 Å². The highest BCUT2D eigenvalue weighted by Gasteiger charge is 2.35. The number of carbonyl (C=O) groups excluding carboxylic acids is 1. The van der Waals surface area contributed by atoms with Gasteiger partial charge in [-0.2, -0.15) is 0 Å². The number of nitrogens with one attached hydrogen (secondary N) is 1. The fraction of sp³-hybridized carbons (Fsp3) is 0.818. The molecule has 1 atom stereocenters. The van der Waals surface area contributed by atoms with Crippen LogP contribution >= 0.6 is 0 Å². The quantitative estimate of drug-likeness (QED) is 0.290. The minimum atomic E-state index is -0.306. The van der Waals surface area contributed by atoms with Gasteiger partial charge in [0.2, 0.25) is 5.91 Å². The second-order valence-electron chi connectivity index (χ2n) is 5.64. The Bertz CT molecular complexity index is 290. The van der Waals surface area contributed by atoms with Crippen LogP contribution in [0, 0.1) is 11.3 Å². The Kier molecular flexibility index (Phi) is 3.78. The van der Waals surface area contributed by atoms with Crippen LogP contribution in [0.25, 0.3) is 0 Å². The average molecular weight is 227 g/mol. The van der Waals surface area contributed by atoms with Crippen molar-refractivity contribution in [2.24, 2.45) is 22.2 Å². The van der Waals surface area contributed by atoms with Crippen molar-refractivity contribution in [3.8, 4) is 0 Å². The summed E-state index contributed by atoms with van der Waals surface area (Å²) < 4.78 is 0. The molecule has 0 radical (unpaired) electrons. The predicted molar refractivity (Wildman–Crippen MR) is 62.1 cm³/mol. The maximum absolute atomic E-state index is 11.7. The third kappa shape index (κ3) is 4.08. The number of carbonyl (C=O) groups is 1. The summed E-state index contributed by atoms with van der Waals surface area (Å²) in [5, 5.41) is 14.4. The zero-order valence-corrected chi connectivity index (χ0v) is 10.2. The zero-order chi connectivity index (χ0) is 12.3. The molecule has 4 N–H and O–H groups in total. The molecule has 0 saturated heterocycles. The van der Waals surface area contributed by atoms with E-state index in [9.17, 15) is 4.79 Å². The van der Waals surface area contributed by atoms with Gasteiger partial charge >= 0.3 is 0 Å². The van der Waals surface area contributed by atoms with Crippen molar-refractivity contribution in [3.63, 3.8) is 0 Å². The summed E-state index contributed by atoms with van der Waals surface area (Å²) in [7, 11) is 0. The van der Waals surface area contributed by atoms with Crippen LogP contribution in [-0.4, -0.2) is 23.0 Å². The normalized spacial score (nSPS) is 19.3. The van der Waals surface area contributed by atoms with Crippen molar-refractivity contribution in [2.75, 3.05) is 0 Å². The van der Waals surface area contributed by atoms with Crippen LogP contribution in [0.5, 0.6) is 0 Å². The maximum Gasteiger partial charge on any atom is 0.221 e. The first-order valence-corrected chi connectivity index (χ1v) is 5.60. The van der Waals surface area contributed by atoms with Gasteiger partial charge in [0.05, 0.1) is 6.04 Å². The molecule has 1 unspecified atom stereocenters. The second kappa shape index (κ2) is 4.72. The molecule has 5 heteroatoms. The lowest BCUT2D eigenvalue weighted by Crippen LogP contribution is -2.46. The molecule has 0 aromatic rings. The summed E-state index contributed by atoms with van der Waals surface area (Å²) in [5.74, 6) is 0.389. The Morgan fingerprint density at radius 2 is 2.12 bits per heavy atom. The summed E-state index contributed by atoms with van der Waals surface area (Å²) >= 11 is 0. The van der Waals surface area contributed by atoms with E-state index in [2.05, 4.69) is 10.5 Å². The molecular formula is C11H21N3O2. The van der Waals surface area contributed by atoms with Crippen LogP contribution in [-0.2, 0) is 4.79 Å². The Morgan fingerprint density at radius 1 is 1.56 bits per heavy atom. The van der Waals surface area contributed by atoms with Crippen LogP contribution in [0.15, 0.2) is 5.16 Å². The predicted octanol–water partition coefficient (Wildman–Crippen LogP) is 1.06. The molecule has 16 heavy (non-hydrogen) atoms. The van der Waals surface area contributed by atoms with Crippen molar-refractivity contribution in [1.29, 1.82) is 0 Å². The number of amides is 1. The molecule has 0 aromatic heterocycles. The highest BCUT2D eigenvalue weighted by molar-refractivity contribution is 5.90. The van der Waals surface area contributed by atoms with E-state index in [-0.39, 0.29) is 23.2 Å². The van der Waals surface area contributed by atoms with Crippen molar-refractivity contribution in [2.45, 2.75) is 46.1 Å². The van der Waals surface area contributed by atoms with Crippen molar-refractivity contribution < 1.29 is 10.0 Å². The fourth-order valence-corrected chi connectivity index (χ4v) is 1.63. The van der Waals surface area contributed by atoms with Crippen molar-refractivity contribution in [3.05, 3.63) is 0 Å². The summed E-state index contributed by atoms with van der Waals surface area (Å²) in [6, 6.07) is -0.306. The van der Waals surface area contributed by atoms with E-state index in [1.807, 2.05) is 20.8 Å². The first kappa shape index (κ1) is 12.8. The molecule has 1 saturated carbocycles. The number of nitrogens with zero attached hydrogens (tertiary/aromatic N) is 1. The van der Waals surface area contributed by atoms with E-state index in [0.29, 0.717) is 12.3 Å². The number of rotatable bonds is 4. The van der Waals surface area contributed by atoms with E-state index in [4.69, 9.17) is 10.9 Å². The van der Waals surface area contributed by atoms with E-state index in [1.165, 1.54) is 0 Å². The van der Waals surface area contributed by atoms with Gasteiger partial charge in [0, 0.05) is 6.42 Å². The standard InChI is InChI=1S/C11H21N3O2/c1-11(2,3)6-8(15)13-9(7-4-5-7)10(12)14-16/h7,9,16H,4-6H2,1-3H3,(H2,12,14)(H,13,15). The van der Waals surface area contributed by atoms with Gasteiger partial charge < -0.3 is 16.3 Å². The topological polar surface area (TPSA) is 87.7 Å². The summed E-state index contributed by atoms with van der Waals surface area (Å²) in [6.07, 6.45) is 2.49. The molecule has 1 aliphatic carbocycles. The molecule has 0 heterocycles. The van der Waals surface area contributed by atoms with Gasteiger partial charge in [-0.15, -0.1) is 0 Å². The van der Waals surface area contributed by atoms with Crippen LogP contribution in [0.1, 0.15) is 40.0 Å². The minimum Gasteiger partial charge on any atom is -0.409 e. The lowest BCUT2D eigenvalue weighted by atomic mass is 9.91. The Labute approximate surface area is 96.1 Å². The first-order chi connectivity index (χ1) is 7.33. The molecule has 1 rings (SSSR count).